The van der Waals surface area contributed by atoms with Crippen LogP contribution in [0, 0.1) is 0 Å². The number of nitrogens with two attached hydrogens (primary N) is 1. The number of thioether (sulfide) groups is 1. The van der Waals surface area contributed by atoms with E-state index in [-0.39, 0.29) is 5.91 Å². The molecular weight excluding hydrogens is 326 g/mol. The van der Waals surface area contributed by atoms with Gasteiger partial charge in [0.2, 0.25) is 5.91 Å². The summed E-state index contributed by atoms with van der Waals surface area (Å²) >= 11 is 4.80. The van der Waals surface area contributed by atoms with Gasteiger partial charge in [0.05, 0.1) is 11.4 Å². The predicted octanol–water partition coefficient (Wildman–Crippen LogP) is 3.16. The van der Waals surface area contributed by atoms with Crippen LogP contribution in [-0.4, -0.2) is 16.6 Å². The molecule has 0 unspecified atom stereocenters. The number of anilines is 2. The lowest BCUT2D eigenvalue weighted by Gasteiger charge is -2.06. The molecule has 0 aliphatic rings. The Bertz CT molecular complexity index is 574. The van der Waals surface area contributed by atoms with Crippen molar-refractivity contribution in [1.29, 1.82) is 0 Å². The minimum atomic E-state index is -0.0614. The Morgan fingerprint density at radius 2 is 2.11 bits per heavy atom. The minimum Gasteiger partial charge on any atom is -0.384 e. The summed E-state index contributed by atoms with van der Waals surface area (Å²) in [5.41, 5.74) is 6.26. The Kier molecular flexibility index (Phi) is 4.81. The highest BCUT2D eigenvalue weighted by Crippen LogP contribution is 2.22. The number of nitrogens with one attached hydrogen (secondary N) is 1. The Morgan fingerprint density at radius 3 is 2.79 bits per heavy atom. The van der Waals surface area contributed by atoms with Crippen molar-refractivity contribution in [2.24, 2.45) is 0 Å². The maximum atomic E-state index is 11.8. The molecule has 3 N–H and O–H groups in total. The van der Waals surface area contributed by atoms with Crippen LogP contribution in [0.1, 0.15) is 0 Å². The molecule has 4 nitrogen and oxygen atoms in total. The molecule has 98 valence electrons. The van der Waals surface area contributed by atoms with E-state index in [1.54, 1.807) is 12.3 Å². The summed E-state index contributed by atoms with van der Waals surface area (Å²) in [4.78, 5) is 16.7. The highest BCUT2D eigenvalue weighted by Gasteiger charge is 2.06. The zero-order valence-electron chi connectivity index (χ0n) is 9.97. The van der Waals surface area contributed by atoms with Gasteiger partial charge in [-0.05, 0) is 40.2 Å². The van der Waals surface area contributed by atoms with Gasteiger partial charge < -0.3 is 11.1 Å². The van der Waals surface area contributed by atoms with E-state index < -0.39 is 0 Å². The second kappa shape index (κ2) is 6.58. The first-order valence-corrected chi connectivity index (χ1v) is 7.32. The van der Waals surface area contributed by atoms with E-state index in [0.717, 1.165) is 15.1 Å². The van der Waals surface area contributed by atoms with E-state index in [2.05, 4.69) is 26.2 Å². The van der Waals surface area contributed by atoms with E-state index in [1.165, 1.54) is 11.8 Å². The van der Waals surface area contributed by atoms with Crippen LogP contribution in [0.25, 0.3) is 0 Å². The van der Waals surface area contributed by atoms with Crippen molar-refractivity contribution < 1.29 is 4.79 Å². The molecule has 1 aromatic carbocycles. The standard InChI is InChI=1S/C13H12BrN3OS/c14-10-3-1-2-4-11(10)17-13(18)8-19-9-5-6-12(15)16-7-9/h1-7H,8H2,(H2,15,16)(H,17,18). The highest BCUT2D eigenvalue weighted by molar-refractivity contribution is 9.10. The molecule has 0 radical (unpaired) electrons. The van der Waals surface area contributed by atoms with Crippen molar-refractivity contribution in [3.63, 3.8) is 0 Å². The molecule has 1 heterocycles. The number of pyridine rings is 1. The van der Waals surface area contributed by atoms with Crippen molar-refractivity contribution in [2.45, 2.75) is 4.90 Å². The summed E-state index contributed by atoms with van der Waals surface area (Å²) < 4.78 is 0.863. The summed E-state index contributed by atoms with van der Waals surface area (Å²) in [6, 6.07) is 11.1. The fourth-order valence-corrected chi connectivity index (χ4v) is 2.42. The number of nitrogens with zero attached hydrogens (tertiary/aromatic N) is 1. The average molecular weight is 338 g/mol. The lowest BCUT2D eigenvalue weighted by Crippen LogP contribution is -2.14. The summed E-state index contributed by atoms with van der Waals surface area (Å²) in [7, 11) is 0. The molecule has 0 aliphatic heterocycles. The number of carbonyl (C=O) groups is 1. The van der Waals surface area contributed by atoms with E-state index in [0.29, 0.717) is 11.6 Å². The number of nitrogen functional groups attached to an aromatic ring is 1. The molecule has 1 aromatic heterocycles. The molecule has 6 heteroatoms. The van der Waals surface area contributed by atoms with E-state index in [4.69, 9.17) is 5.73 Å². The molecule has 0 bridgehead atoms. The molecule has 1 amide bonds. The number of hydrogen-bond donors (Lipinski definition) is 2. The van der Waals surface area contributed by atoms with E-state index >= 15 is 0 Å². The lowest BCUT2D eigenvalue weighted by atomic mass is 10.3. The summed E-state index contributed by atoms with van der Waals surface area (Å²) in [6.45, 7) is 0. The number of benzene rings is 1. The summed E-state index contributed by atoms with van der Waals surface area (Å²) in [5.74, 6) is 0.739. The van der Waals surface area contributed by atoms with Crippen LogP contribution in [0.5, 0.6) is 0 Å². The van der Waals surface area contributed by atoms with Crippen molar-refractivity contribution in [2.75, 3.05) is 16.8 Å². The third kappa shape index (κ3) is 4.25. The Labute approximate surface area is 123 Å². The second-order valence-corrected chi connectivity index (χ2v) is 5.64. The number of halogens is 1. The van der Waals surface area contributed by atoms with E-state index in [9.17, 15) is 4.79 Å². The van der Waals surface area contributed by atoms with Crippen LogP contribution in [0.3, 0.4) is 0 Å². The van der Waals surface area contributed by atoms with Crippen LogP contribution < -0.4 is 11.1 Å². The molecule has 2 rings (SSSR count). The first-order chi connectivity index (χ1) is 9.15. The van der Waals surface area contributed by atoms with Gasteiger partial charge in [0.25, 0.3) is 0 Å². The molecule has 0 saturated heterocycles. The molecule has 2 aromatic rings. The van der Waals surface area contributed by atoms with Crippen molar-refractivity contribution >= 4 is 45.1 Å². The normalized spacial score (nSPS) is 10.2. The molecule has 0 aliphatic carbocycles. The average Bonchev–Trinajstić information content (AvgIpc) is 2.41. The van der Waals surface area contributed by atoms with Crippen LogP contribution in [0.4, 0.5) is 11.5 Å². The van der Waals surface area contributed by atoms with Gasteiger partial charge in [-0.3, -0.25) is 4.79 Å². The third-order valence-electron chi connectivity index (χ3n) is 2.28. The number of amides is 1. The van der Waals surface area contributed by atoms with Crippen molar-refractivity contribution in [1.82, 2.24) is 4.98 Å². The summed E-state index contributed by atoms with van der Waals surface area (Å²) in [5, 5.41) is 2.84. The van der Waals surface area contributed by atoms with Gasteiger partial charge in [-0.25, -0.2) is 4.98 Å². The van der Waals surface area contributed by atoms with Gasteiger partial charge in [0.15, 0.2) is 0 Å². The van der Waals surface area contributed by atoms with E-state index in [1.807, 2.05) is 30.3 Å². The fourth-order valence-electron chi connectivity index (χ4n) is 1.37. The zero-order valence-corrected chi connectivity index (χ0v) is 12.4. The Hall–Kier alpha value is -1.53. The largest absolute Gasteiger partial charge is 0.384 e. The zero-order chi connectivity index (χ0) is 13.7. The SMILES string of the molecule is Nc1ccc(SCC(=O)Nc2ccccc2Br)cn1. The molecule has 0 saturated carbocycles. The van der Waals surface area contributed by atoms with Gasteiger partial charge in [-0.1, -0.05) is 12.1 Å². The number of para-hydroxylation sites is 1. The van der Waals surface area contributed by atoms with Crippen molar-refractivity contribution in [3.8, 4) is 0 Å². The number of aromatic nitrogens is 1. The summed E-state index contributed by atoms with van der Waals surface area (Å²) in [6.07, 6.45) is 1.66. The lowest BCUT2D eigenvalue weighted by molar-refractivity contribution is -0.113. The number of hydrogen-bond acceptors (Lipinski definition) is 4. The second-order valence-electron chi connectivity index (χ2n) is 3.74. The van der Waals surface area contributed by atoms with Gasteiger partial charge in [0, 0.05) is 15.6 Å². The van der Waals surface area contributed by atoms with Gasteiger partial charge >= 0.3 is 0 Å². The minimum absolute atomic E-state index is 0.0614. The van der Waals surface area contributed by atoms with Crippen LogP contribution in [-0.2, 0) is 4.79 Å². The maximum absolute atomic E-state index is 11.8. The first kappa shape index (κ1) is 13.9. The molecule has 0 atom stereocenters. The first-order valence-electron chi connectivity index (χ1n) is 5.54. The number of carbonyl (C=O) groups excluding carboxylic acids is 1. The smallest absolute Gasteiger partial charge is 0.234 e. The number of rotatable bonds is 4. The quantitative estimate of drug-likeness (QED) is 0.841. The maximum Gasteiger partial charge on any atom is 0.234 e. The highest BCUT2D eigenvalue weighted by atomic mass is 79.9. The monoisotopic (exact) mass is 337 g/mol. The van der Waals surface area contributed by atoms with Crippen LogP contribution in [0.15, 0.2) is 52.0 Å². The molecular formula is C13H12BrN3OS. The Balaban J connectivity index is 1.88. The molecule has 0 fully saturated rings. The fraction of sp³-hybridized carbons (Fsp3) is 0.0769. The van der Waals surface area contributed by atoms with Crippen molar-refractivity contribution in [3.05, 3.63) is 47.1 Å². The van der Waals surface area contributed by atoms with Gasteiger partial charge in [-0.15, -0.1) is 11.8 Å². The predicted molar refractivity (Wildman–Crippen MR) is 82.1 cm³/mol. The van der Waals surface area contributed by atoms with Gasteiger partial charge in [0.1, 0.15) is 5.82 Å². The van der Waals surface area contributed by atoms with Crippen LogP contribution >= 0.6 is 27.7 Å². The molecule has 0 spiro atoms. The third-order valence-corrected chi connectivity index (χ3v) is 3.95. The van der Waals surface area contributed by atoms with Crippen LogP contribution in [0.2, 0.25) is 0 Å². The Morgan fingerprint density at radius 1 is 1.32 bits per heavy atom. The molecule has 19 heavy (non-hydrogen) atoms. The topological polar surface area (TPSA) is 68.0 Å². The van der Waals surface area contributed by atoms with Gasteiger partial charge in [-0.2, -0.15) is 0 Å².